The highest BCUT2D eigenvalue weighted by Crippen LogP contribution is 2.20. The fourth-order valence-electron chi connectivity index (χ4n) is 3.38. The molecule has 23 heavy (non-hydrogen) atoms. The summed E-state index contributed by atoms with van der Waals surface area (Å²) < 4.78 is 0. The van der Waals surface area contributed by atoms with Crippen LogP contribution in [0.1, 0.15) is 61.9 Å². The normalized spacial score (nSPS) is 18.4. The van der Waals surface area contributed by atoms with Crippen LogP contribution in [0, 0.1) is 0 Å². The van der Waals surface area contributed by atoms with Crippen LogP contribution in [-0.4, -0.2) is 35.4 Å². The fraction of sp³-hybridized carbons (Fsp3) is 0.579. The molecule has 0 atom stereocenters. The van der Waals surface area contributed by atoms with Crippen molar-refractivity contribution >= 4 is 11.6 Å². The van der Waals surface area contributed by atoms with Gasteiger partial charge < -0.3 is 10.2 Å². The van der Waals surface area contributed by atoms with Crippen LogP contribution in [0.5, 0.6) is 0 Å². The lowest BCUT2D eigenvalue weighted by Gasteiger charge is -2.26. The van der Waals surface area contributed by atoms with Crippen molar-refractivity contribution < 1.29 is 4.79 Å². The van der Waals surface area contributed by atoms with Crippen molar-refractivity contribution in [3.8, 4) is 0 Å². The molecule has 1 saturated heterocycles. The van der Waals surface area contributed by atoms with E-state index < -0.39 is 0 Å². The summed E-state index contributed by atoms with van der Waals surface area (Å²) in [6.45, 7) is 2.68. The van der Waals surface area contributed by atoms with Crippen molar-refractivity contribution in [3.05, 3.63) is 35.7 Å². The number of pyridine rings is 1. The molecule has 1 fully saturated rings. The highest BCUT2D eigenvalue weighted by Gasteiger charge is 2.18. The molecule has 1 amide bonds. The molecule has 2 aliphatic rings. The average molecular weight is 313 g/mol. The molecular weight excluding hydrogens is 286 g/mol. The Morgan fingerprint density at radius 1 is 1.13 bits per heavy atom. The molecular formula is C19H27N3O. The monoisotopic (exact) mass is 313 g/mol. The van der Waals surface area contributed by atoms with Crippen molar-refractivity contribution in [1.82, 2.24) is 9.88 Å². The van der Waals surface area contributed by atoms with Gasteiger partial charge in [0.05, 0.1) is 11.9 Å². The van der Waals surface area contributed by atoms with Gasteiger partial charge in [0, 0.05) is 19.6 Å². The van der Waals surface area contributed by atoms with Gasteiger partial charge in [-0.25, -0.2) is 4.98 Å². The molecule has 1 N–H and O–H groups in total. The number of hydrogen-bond acceptors (Lipinski definition) is 3. The number of amides is 1. The summed E-state index contributed by atoms with van der Waals surface area (Å²) in [6.07, 6.45) is 13.9. The molecule has 1 aliphatic carbocycles. The maximum Gasteiger partial charge on any atom is 0.272 e. The Hall–Kier alpha value is -1.84. The number of anilines is 1. The summed E-state index contributed by atoms with van der Waals surface area (Å²) in [5, 5.41) is 3.41. The Bertz CT molecular complexity index is 544. The molecule has 0 spiro atoms. The second-order valence-corrected chi connectivity index (χ2v) is 6.57. The summed E-state index contributed by atoms with van der Waals surface area (Å²) in [7, 11) is 0. The maximum atomic E-state index is 12.4. The third kappa shape index (κ3) is 4.57. The van der Waals surface area contributed by atoms with E-state index in [2.05, 4.69) is 16.4 Å². The topological polar surface area (TPSA) is 45.2 Å². The Balaban J connectivity index is 1.48. The Kier molecular flexibility index (Phi) is 5.67. The van der Waals surface area contributed by atoms with E-state index in [1.54, 1.807) is 11.8 Å². The molecule has 1 aliphatic heterocycles. The molecule has 0 bridgehead atoms. The first-order chi connectivity index (χ1) is 11.3. The third-order valence-electron chi connectivity index (χ3n) is 4.79. The van der Waals surface area contributed by atoms with Gasteiger partial charge in [0.25, 0.3) is 5.91 Å². The van der Waals surface area contributed by atoms with Gasteiger partial charge in [0.2, 0.25) is 0 Å². The first-order valence-corrected chi connectivity index (χ1v) is 9.00. The molecule has 0 saturated carbocycles. The van der Waals surface area contributed by atoms with E-state index in [-0.39, 0.29) is 5.91 Å². The van der Waals surface area contributed by atoms with Crippen LogP contribution in [0.2, 0.25) is 0 Å². The summed E-state index contributed by atoms with van der Waals surface area (Å²) in [6, 6.07) is 3.82. The van der Waals surface area contributed by atoms with Gasteiger partial charge in [-0.1, -0.05) is 11.6 Å². The van der Waals surface area contributed by atoms with Gasteiger partial charge >= 0.3 is 0 Å². The summed E-state index contributed by atoms with van der Waals surface area (Å²) in [5.41, 5.74) is 3.14. The lowest BCUT2D eigenvalue weighted by Crippen LogP contribution is -2.36. The third-order valence-corrected chi connectivity index (χ3v) is 4.79. The van der Waals surface area contributed by atoms with Crippen LogP contribution < -0.4 is 5.32 Å². The lowest BCUT2D eigenvalue weighted by molar-refractivity contribution is 0.0718. The molecule has 124 valence electrons. The summed E-state index contributed by atoms with van der Waals surface area (Å²) >= 11 is 0. The second kappa shape index (κ2) is 8.14. The van der Waals surface area contributed by atoms with E-state index in [1.807, 2.05) is 17.0 Å². The van der Waals surface area contributed by atoms with Gasteiger partial charge in [-0.15, -0.1) is 0 Å². The number of rotatable bonds is 5. The first kappa shape index (κ1) is 16.0. The molecule has 0 unspecified atom stereocenters. The SMILES string of the molecule is O=C(c1ccc(NCCC2=CCCCC2)cn1)N1CCCCC1. The van der Waals surface area contributed by atoms with Crippen LogP contribution in [0.3, 0.4) is 0 Å². The van der Waals surface area contributed by atoms with Gasteiger partial charge in [-0.3, -0.25) is 4.79 Å². The van der Waals surface area contributed by atoms with Gasteiger partial charge in [-0.2, -0.15) is 0 Å². The van der Waals surface area contributed by atoms with Gasteiger partial charge in [0.1, 0.15) is 5.69 Å². The van der Waals surface area contributed by atoms with Crippen molar-refractivity contribution in [1.29, 1.82) is 0 Å². The van der Waals surface area contributed by atoms with Gasteiger partial charge in [-0.05, 0) is 63.5 Å². The van der Waals surface area contributed by atoms with E-state index >= 15 is 0 Å². The number of hydrogen-bond donors (Lipinski definition) is 1. The molecule has 2 heterocycles. The zero-order valence-corrected chi connectivity index (χ0v) is 13.9. The van der Waals surface area contributed by atoms with Crippen LogP contribution in [0.15, 0.2) is 30.0 Å². The highest BCUT2D eigenvalue weighted by atomic mass is 16.2. The van der Waals surface area contributed by atoms with Gasteiger partial charge in [0.15, 0.2) is 0 Å². The predicted molar refractivity (Wildman–Crippen MR) is 93.6 cm³/mol. The molecule has 4 heteroatoms. The number of allylic oxidation sites excluding steroid dienone is 1. The van der Waals surface area contributed by atoms with Crippen molar-refractivity contribution in [2.24, 2.45) is 0 Å². The lowest BCUT2D eigenvalue weighted by atomic mass is 9.97. The predicted octanol–water partition coefficient (Wildman–Crippen LogP) is 4.01. The van der Waals surface area contributed by atoms with Crippen LogP contribution in [0.25, 0.3) is 0 Å². The number of carbonyl (C=O) groups is 1. The Morgan fingerprint density at radius 2 is 2.00 bits per heavy atom. The van der Waals surface area contributed by atoms with E-state index in [0.717, 1.165) is 44.6 Å². The zero-order chi connectivity index (χ0) is 15.9. The molecule has 1 aromatic heterocycles. The zero-order valence-electron chi connectivity index (χ0n) is 13.9. The fourth-order valence-corrected chi connectivity index (χ4v) is 3.38. The second-order valence-electron chi connectivity index (χ2n) is 6.57. The smallest absolute Gasteiger partial charge is 0.272 e. The van der Waals surface area contributed by atoms with Crippen LogP contribution in [-0.2, 0) is 0 Å². The highest BCUT2D eigenvalue weighted by molar-refractivity contribution is 5.92. The minimum atomic E-state index is 0.0728. The minimum Gasteiger partial charge on any atom is -0.383 e. The Morgan fingerprint density at radius 3 is 2.70 bits per heavy atom. The standard InChI is InChI=1S/C19H27N3O/c23-19(22-13-5-2-6-14-22)18-10-9-17(15-21-18)20-12-11-16-7-3-1-4-8-16/h7,9-10,15,20H,1-6,8,11-14H2. The van der Waals surface area contributed by atoms with Crippen LogP contribution in [0.4, 0.5) is 5.69 Å². The number of carbonyl (C=O) groups excluding carboxylic acids is 1. The number of aromatic nitrogens is 1. The van der Waals surface area contributed by atoms with E-state index in [1.165, 1.54) is 32.1 Å². The Labute approximate surface area is 139 Å². The molecule has 1 aromatic rings. The minimum absolute atomic E-state index is 0.0728. The molecule has 4 nitrogen and oxygen atoms in total. The average Bonchev–Trinajstić information content (AvgIpc) is 2.63. The number of likely N-dealkylation sites (tertiary alicyclic amines) is 1. The quantitative estimate of drug-likeness (QED) is 0.835. The number of nitrogens with zero attached hydrogens (tertiary/aromatic N) is 2. The number of piperidine rings is 1. The summed E-state index contributed by atoms with van der Waals surface area (Å²) in [5.74, 6) is 0.0728. The van der Waals surface area contributed by atoms with E-state index in [9.17, 15) is 4.79 Å². The largest absolute Gasteiger partial charge is 0.383 e. The van der Waals surface area contributed by atoms with Crippen molar-refractivity contribution in [2.75, 3.05) is 25.0 Å². The van der Waals surface area contributed by atoms with E-state index in [0.29, 0.717) is 5.69 Å². The molecule has 0 radical (unpaired) electrons. The molecule has 3 rings (SSSR count). The van der Waals surface area contributed by atoms with E-state index in [4.69, 9.17) is 0 Å². The van der Waals surface area contributed by atoms with Crippen molar-refractivity contribution in [2.45, 2.75) is 51.4 Å². The molecule has 0 aromatic carbocycles. The van der Waals surface area contributed by atoms with Crippen LogP contribution >= 0.6 is 0 Å². The van der Waals surface area contributed by atoms with Crippen molar-refractivity contribution in [3.63, 3.8) is 0 Å². The summed E-state index contributed by atoms with van der Waals surface area (Å²) in [4.78, 5) is 18.6. The number of nitrogens with one attached hydrogen (secondary N) is 1. The maximum absolute atomic E-state index is 12.4. The first-order valence-electron chi connectivity index (χ1n) is 9.00.